The van der Waals surface area contributed by atoms with Gasteiger partial charge in [0.05, 0.1) is 5.41 Å². The van der Waals surface area contributed by atoms with Crippen molar-refractivity contribution >= 4 is 22.8 Å². The number of benzene rings is 1. The van der Waals surface area contributed by atoms with E-state index in [-0.39, 0.29) is 12.5 Å². The molecule has 1 saturated carbocycles. The van der Waals surface area contributed by atoms with Crippen LogP contribution in [0.5, 0.6) is 0 Å². The monoisotopic (exact) mass is 286 g/mol. The first-order valence-corrected chi connectivity index (χ1v) is 7.03. The number of carboxylic acids is 1. The minimum Gasteiger partial charge on any atom is -0.481 e. The van der Waals surface area contributed by atoms with Crippen LogP contribution in [-0.4, -0.2) is 28.5 Å². The second-order valence-electron chi connectivity index (χ2n) is 5.92. The van der Waals surface area contributed by atoms with Crippen molar-refractivity contribution in [2.75, 3.05) is 6.54 Å². The molecule has 5 heteroatoms. The number of H-pyrrole nitrogens is 1. The lowest BCUT2D eigenvalue weighted by Gasteiger charge is -2.10. The number of carbonyl (C=O) groups is 2. The van der Waals surface area contributed by atoms with Crippen molar-refractivity contribution in [2.24, 2.45) is 5.41 Å². The lowest BCUT2D eigenvalue weighted by Crippen LogP contribution is -2.34. The van der Waals surface area contributed by atoms with Crippen molar-refractivity contribution in [1.82, 2.24) is 10.3 Å². The molecule has 1 aromatic carbocycles. The molecule has 0 atom stereocenters. The molecule has 110 valence electrons. The van der Waals surface area contributed by atoms with Gasteiger partial charge in [-0.25, -0.2) is 0 Å². The Kier molecular flexibility index (Phi) is 3.01. The summed E-state index contributed by atoms with van der Waals surface area (Å²) in [7, 11) is 0. The van der Waals surface area contributed by atoms with Crippen LogP contribution in [0.4, 0.5) is 0 Å². The first-order valence-electron chi connectivity index (χ1n) is 7.03. The van der Waals surface area contributed by atoms with Crippen LogP contribution in [-0.2, 0) is 4.79 Å². The molecule has 21 heavy (non-hydrogen) atoms. The van der Waals surface area contributed by atoms with Gasteiger partial charge in [0.2, 0.25) is 0 Å². The minimum absolute atomic E-state index is 0.189. The van der Waals surface area contributed by atoms with Gasteiger partial charge in [0, 0.05) is 17.4 Å². The smallest absolute Gasteiger partial charge is 0.311 e. The van der Waals surface area contributed by atoms with Gasteiger partial charge < -0.3 is 15.4 Å². The fraction of sp³-hybridized carbons (Fsp3) is 0.375. The van der Waals surface area contributed by atoms with E-state index in [1.54, 1.807) is 0 Å². The van der Waals surface area contributed by atoms with Crippen molar-refractivity contribution in [3.05, 3.63) is 35.0 Å². The van der Waals surface area contributed by atoms with Crippen LogP contribution in [0.2, 0.25) is 0 Å². The number of hydrogen-bond donors (Lipinski definition) is 3. The molecule has 1 amide bonds. The van der Waals surface area contributed by atoms with E-state index < -0.39 is 11.4 Å². The Morgan fingerprint density at radius 1 is 1.33 bits per heavy atom. The third-order valence-corrected chi connectivity index (χ3v) is 4.48. The summed E-state index contributed by atoms with van der Waals surface area (Å²) in [5.74, 6) is -1.08. The molecular weight excluding hydrogens is 268 g/mol. The van der Waals surface area contributed by atoms with Gasteiger partial charge >= 0.3 is 5.97 Å². The van der Waals surface area contributed by atoms with Gasteiger partial charge in [0.15, 0.2) is 0 Å². The fourth-order valence-corrected chi connectivity index (χ4v) is 2.54. The summed E-state index contributed by atoms with van der Waals surface area (Å²) in [5.41, 5.74) is 2.97. The number of aryl methyl sites for hydroxylation is 2. The first-order chi connectivity index (χ1) is 9.93. The maximum Gasteiger partial charge on any atom is 0.311 e. The average molecular weight is 286 g/mol. The van der Waals surface area contributed by atoms with Crippen molar-refractivity contribution in [2.45, 2.75) is 26.7 Å². The van der Waals surface area contributed by atoms with Crippen LogP contribution >= 0.6 is 0 Å². The number of hydrogen-bond acceptors (Lipinski definition) is 2. The van der Waals surface area contributed by atoms with Crippen LogP contribution in [0.25, 0.3) is 10.9 Å². The molecule has 0 spiro atoms. The Morgan fingerprint density at radius 3 is 2.67 bits per heavy atom. The molecule has 1 fully saturated rings. The Labute approximate surface area is 122 Å². The van der Waals surface area contributed by atoms with Crippen LogP contribution in [0.1, 0.15) is 34.5 Å². The fourth-order valence-electron chi connectivity index (χ4n) is 2.54. The Bertz CT molecular complexity index is 741. The van der Waals surface area contributed by atoms with Gasteiger partial charge in [0.25, 0.3) is 5.91 Å². The molecule has 0 unspecified atom stereocenters. The number of carboxylic acid groups (broad SMARTS) is 1. The van der Waals surface area contributed by atoms with Gasteiger partial charge in [-0.3, -0.25) is 9.59 Å². The number of nitrogens with one attached hydrogen (secondary N) is 2. The lowest BCUT2D eigenvalue weighted by atomic mass is 10.1. The van der Waals surface area contributed by atoms with E-state index in [2.05, 4.69) is 10.3 Å². The van der Waals surface area contributed by atoms with Crippen molar-refractivity contribution < 1.29 is 14.7 Å². The summed E-state index contributed by atoms with van der Waals surface area (Å²) < 4.78 is 0. The molecule has 3 N–H and O–H groups in total. The van der Waals surface area contributed by atoms with E-state index in [1.165, 1.54) is 5.56 Å². The lowest BCUT2D eigenvalue weighted by molar-refractivity contribution is -0.143. The van der Waals surface area contributed by atoms with Crippen LogP contribution < -0.4 is 5.32 Å². The summed E-state index contributed by atoms with van der Waals surface area (Å²) >= 11 is 0. The number of aliphatic carboxylic acids is 1. The molecule has 1 aliphatic rings. The normalized spacial score (nSPS) is 15.9. The number of carbonyl (C=O) groups excluding carboxylic acids is 1. The SMILES string of the molecule is Cc1ccc2[nH]c(C(=O)NCC3(C(=O)O)CC3)cc2c1C. The van der Waals surface area contributed by atoms with Gasteiger partial charge in [-0.05, 0) is 49.9 Å². The summed E-state index contributed by atoms with van der Waals surface area (Å²) in [5, 5.41) is 12.9. The summed E-state index contributed by atoms with van der Waals surface area (Å²) in [4.78, 5) is 26.4. The summed E-state index contributed by atoms with van der Waals surface area (Å²) in [6.07, 6.45) is 1.27. The molecule has 0 bridgehead atoms. The predicted octanol–water partition coefficient (Wildman–Crippen LogP) is 2.38. The highest BCUT2D eigenvalue weighted by molar-refractivity contribution is 5.99. The maximum absolute atomic E-state index is 12.2. The molecule has 5 nitrogen and oxygen atoms in total. The van der Waals surface area contributed by atoms with Crippen LogP contribution in [0.3, 0.4) is 0 Å². The number of amides is 1. The van der Waals surface area contributed by atoms with Crippen LogP contribution in [0, 0.1) is 19.3 Å². The number of fused-ring (bicyclic) bond motifs is 1. The highest BCUT2D eigenvalue weighted by Crippen LogP contribution is 2.45. The molecule has 0 radical (unpaired) electrons. The molecule has 2 aromatic rings. The molecule has 0 aliphatic heterocycles. The second-order valence-corrected chi connectivity index (χ2v) is 5.92. The minimum atomic E-state index is -0.828. The summed E-state index contributed by atoms with van der Waals surface area (Å²) in [6.45, 7) is 4.25. The molecule has 0 saturated heterocycles. The zero-order valence-electron chi connectivity index (χ0n) is 12.1. The predicted molar refractivity (Wildman–Crippen MR) is 79.4 cm³/mol. The third-order valence-electron chi connectivity index (χ3n) is 4.48. The van der Waals surface area contributed by atoms with E-state index in [0.29, 0.717) is 18.5 Å². The number of aromatic amines is 1. The molecular formula is C16H18N2O3. The average Bonchev–Trinajstić information content (AvgIpc) is 3.12. The van der Waals surface area contributed by atoms with E-state index in [4.69, 9.17) is 5.11 Å². The van der Waals surface area contributed by atoms with Crippen molar-refractivity contribution in [3.8, 4) is 0 Å². The Hall–Kier alpha value is -2.30. The zero-order valence-corrected chi connectivity index (χ0v) is 12.1. The van der Waals surface area contributed by atoms with E-state index in [9.17, 15) is 9.59 Å². The third kappa shape index (κ3) is 2.28. The topological polar surface area (TPSA) is 82.2 Å². The van der Waals surface area contributed by atoms with Gasteiger partial charge in [-0.15, -0.1) is 0 Å². The van der Waals surface area contributed by atoms with Gasteiger partial charge in [0.1, 0.15) is 5.69 Å². The van der Waals surface area contributed by atoms with Gasteiger partial charge in [-0.1, -0.05) is 6.07 Å². The summed E-state index contributed by atoms with van der Waals surface area (Å²) in [6, 6.07) is 5.79. The zero-order chi connectivity index (χ0) is 15.2. The van der Waals surface area contributed by atoms with E-state index in [1.807, 2.05) is 32.0 Å². The Balaban J connectivity index is 1.79. The Morgan fingerprint density at radius 2 is 2.05 bits per heavy atom. The largest absolute Gasteiger partial charge is 0.481 e. The molecule has 1 aromatic heterocycles. The molecule has 1 aliphatic carbocycles. The highest BCUT2D eigenvalue weighted by atomic mass is 16.4. The second kappa shape index (κ2) is 4.62. The van der Waals surface area contributed by atoms with Crippen LogP contribution in [0.15, 0.2) is 18.2 Å². The van der Waals surface area contributed by atoms with Crippen molar-refractivity contribution in [1.29, 1.82) is 0 Å². The first kappa shape index (κ1) is 13.7. The van der Waals surface area contributed by atoms with Gasteiger partial charge in [-0.2, -0.15) is 0 Å². The molecule has 1 heterocycles. The van der Waals surface area contributed by atoms with Crippen molar-refractivity contribution in [3.63, 3.8) is 0 Å². The van der Waals surface area contributed by atoms with E-state index >= 15 is 0 Å². The number of aromatic nitrogens is 1. The number of rotatable bonds is 4. The maximum atomic E-state index is 12.2. The molecule has 3 rings (SSSR count). The standard InChI is InChI=1S/C16H18N2O3/c1-9-3-4-12-11(10(9)2)7-13(18-12)14(19)17-8-16(5-6-16)15(20)21/h3-4,7,18H,5-6,8H2,1-2H3,(H,17,19)(H,20,21). The van der Waals surface area contributed by atoms with E-state index in [0.717, 1.165) is 16.5 Å². The quantitative estimate of drug-likeness (QED) is 0.807. The highest BCUT2D eigenvalue weighted by Gasteiger charge is 2.50.